The second-order valence-corrected chi connectivity index (χ2v) is 5.67. The molecule has 1 aromatic rings. The van der Waals surface area contributed by atoms with Crippen molar-refractivity contribution >= 4 is 23.3 Å². The molecule has 2 amide bonds. The molecule has 0 aliphatic heterocycles. The van der Waals surface area contributed by atoms with Crippen molar-refractivity contribution in [3.05, 3.63) is 23.2 Å². The molecule has 5 nitrogen and oxygen atoms in total. The molecule has 0 saturated heterocycles. The fourth-order valence-electron chi connectivity index (χ4n) is 1.69. The summed E-state index contributed by atoms with van der Waals surface area (Å²) in [5.41, 5.74) is 0.349. The minimum absolute atomic E-state index is 0.0956. The number of urea groups is 1. The van der Waals surface area contributed by atoms with Crippen LogP contribution in [0.3, 0.4) is 0 Å². The molecule has 0 fully saturated rings. The topological polar surface area (TPSA) is 70.6 Å². The molecule has 6 heteroatoms. The number of carbonyl (C=O) groups is 1. The minimum atomic E-state index is -0.336. The molecule has 0 heterocycles. The van der Waals surface area contributed by atoms with Gasteiger partial charge in [0, 0.05) is 13.2 Å². The van der Waals surface area contributed by atoms with Crippen molar-refractivity contribution in [2.75, 3.05) is 25.6 Å². The second-order valence-electron chi connectivity index (χ2n) is 5.27. The first-order chi connectivity index (χ1) is 9.39. The van der Waals surface area contributed by atoms with Crippen LogP contribution >= 0.6 is 11.6 Å². The van der Waals surface area contributed by atoms with Crippen molar-refractivity contribution in [2.24, 2.45) is 5.41 Å². The first-order valence-corrected chi connectivity index (χ1v) is 6.75. The van der Waals surface area contributed by atoms with Crippen molar-refractivity contribution in [3.63, 3.8) is 0 Å². The van der Waals surface area contributed by atoms with Crippen molar-refractivity contribution in [1.29, 1.82) is 0 Å². The lowest BCUT2D eigenvalue weighted by Crippen LogP contribution is -2.37. The zero-order valence-corrected chi connectivity index (χ0v) is 12.8. The van der Waals surface area contributed by atoms with Crippen LogP contribution in [0.5, 0.6) is 5.75 Å². The molecule has 0 bridgehead atoms. The maximum absolute atomic E-state index is 11.9. The van der Waals surface area contributed by atoms with Crippen molar-refractivity contribution < 1.29 is 14.6 Å². The number of halogens is 1. The summed E-state index contributed by atoms with van der Waals surface area (Å²) in [4.78, 5) is 11.9. The molecule has 0 aliphatic carbocycles. The summed E-state index contributed by atoms with van der Waals surface area (Å²) >= 11 is 5.98. The number of methoxy groups -OCH3 is 1. The van der Waals surface area contributed by atoms with Crippen LogP contribution in [0.15, 0.2) is 18.2 Å². The fourth-order valence-corrected chi connectivity index (χ4v) is 1.94. The third kappa shape index (κ3) is 4.90. The van der Waals surface area contributed by atoms with E-state index in [0.29, 0.717) is 29.4 Å². The number of nitrogens with one attached hydrogen (secondary N) is 2. The second kappa shape index (κ2) is 7.36. The van der Waals surface area contributed by atoms with Crippen LogP contribution in [0, 0.1) is 5.41 Å². The highest BCUT2D eigenvalue weighted by Crippen LogP contribution is 2.32. The molecule has 0 spiro atoms. The highest BCUT2D eigenvalue weighted by molar-refractivity contribution is 6.32. The summed E-state index contributed by atoms with van der Waals surface area (Å²) < 4.78 is 5.15. The molecule has 0 aromatic heterocycles. The average molecular weight is 301 g/mol. The summed E-state index contributed by atoms with van der Waals surface area (Å²) in [6, 6.07) is 4.80. The highest BCUT2D eigenvalue weighted by atomic mass is 35.5. The van der Waals surface area contributed by atoms with Crippen molar-refractivity contribution in [1.82, 2.24) is 5.32 Å². The van der Waals surface area contributed by atoms with Gasteiger partial charge in [0.25, 0.3) is 0 Å². The van der Waals surface area contributed by atoms with E-state index >= 15 is 0 Å². The average Bonchev–Trinajstić information content (AvgIpc) is 2.37. The Bertz CT molecular complexity index is 464. The number of para-hydroxylation sites is 1. The molecule has 0 saturated carbocycles. The van der Waals surface area contributed by atoms with Crippen LogP contribution in [0.1, 0.15) is 20.3 Å². The Balaban J connectivity index is 2.61. The molecule has 0 unspecified atom stereocenters. The largest absolute Gasteiger partial charge is 0.493 e. The number of hydrogen-bond acceptors (Lipinski definition) is 3. The number of hydrogen-bond donors (Lipinski definition) is 3. The van der Waals surface area contributed by atoms with E-state index in [4.69, 9.17) is 21.4 Å². The molecule has 20 heavy (non-hydrogen) atoms. The third-order valence-electron chi connectivity index (χ3n) is 2.94. The number of aliphatic hydroxyl groups is 1. The van der Waals surface area contributed by atoms with E-state index in [9.17, 15) is 4.79 Å². The van der Waals surface area contributed by atoms with Crippen molar-refractivity contribution in [3.8, 4) is 5.75 Å². The summed E-state index contributed by atoms with van der Waals surface area (Å²) in [6.07, 6.45) is 0.619. The Labute approximate surface area is 124 Å². The molecule has 0 aliphatic rings. The zero-order valence-electron chi connectivity index (χ0n) is 12.0. The van der Waals surface area contributed by atoms with Gasteiger partial charge in [-0.1, -0.05) is 31.5 Å². The summed E-state index contributed by atoms with van der Waals surface area (Å²) in [5, 5.41) is 14.8. The monoisotopic (exact) mass is 300 g/mol. The Morgan fingerprint density at radius 2 is 2.15 bits per heavy atom. The predicted octanol–water partition coefficient (Wildman–Crippen LogP) is 2.88. The smallest absolute Gasteiger partial charge is 0.319 e. The van der Waals surface area contributed by atoms with Gasteiger partial charge >= 0.3 is 6.03 Å². The van der Waals surface area contributed by atoms with Gasteiger partial charge in [0.15, 0.2) is 5.75 Å². The van der Waals surface area contributed by atoms with E-state index < -0.39 is 0 Å². The van der Waals surface area contributed by atoms with Gasteiger partial charge in [-0.15, -0.1) is 0 Å². The van der Waals surface area contributed by atoms with Crippen LogP contribution in [0.25, 0.3) is 0 Å². The Kier molecular flexibility index (Phi) is 6.10. The summed E-state index contributed by atoms with van der Waals surface area (Å²) in [6.45, 7) is 4.51. The van der Waals surface area contributed by atoms with Crippen LogP contribution in [-0.2, 0) is 0 Å². The van der Waals surface area contributed by atoms with Crippen LogP contribution in [-0.4, -0.2) is 31.4 Å². The van der Waals surface area contributed by atoms with E-state index in [1.54, 1.807) is 18.2 Å². The number of amides is 2. The number of carbonyl (C=O) groups excluding carboxylic acids is 1. The molecular formula is C14H21ClN2O3. The predicted molar refractivity (Wildman–Crippen MR) is 80.5 cm³/mol. The Hall–Kier alpha value is -1.46. The van der Waals surface area contributed by atoms with Gasteiger partial charge in [-0.3, -0.25) is 0 Å². The lowest BCUT2D eigenvalue weighted by molar-refractivity contribution is 0.204. The highest BCUT2D eigenvalue weighted by Gasteiger charge is 2.18. The fraction of sp³-hybridized carbons (Fsp3) is 0.500. The maximum atomic E-state index is 11.9. The van der Waals surface area contributed by atoms with Gasteiger partial charge in [-0.2, -0.15) is 0 Å². The minimum Gasteiger partial charge on any atom is -0.493 e. The van der Waals surface area contributed by atoms with Crippen LogP contribution < -0.4 is 15.4 Å². The quantitative estimate of drug-likeness (QED) is 0.756. The SMILES string of the molecule is COc1c(Cl)cccc1NC(=O)NCC(C)(C)CCO. The van der Waals surface area contributed by atoms with Gasteiger partial charge in [0.05, 0.1) is 17.8 Å². The zero-order chi connectivity index (χ0) is 15.2. The number of rotatable bonds is 6. The van der Waals surface area contributed by atoms with E-state index in [1.165, 1.54) is 7.11 Å². The normalized spacial score (nSPS) is 11.1. The lowest BCUT2D eigenvalue weighted by Gasteiger charge is -2.24. The molecule has 1 aromatic carbocycles. The Morgan fingerprint density at radius 1 is 1.45 bits per heavy atom. The maximum Gasteiger partial charge on any atom is 0.319 e. The van der Waals surface area contributed by atoms with Crippen LogP contribution in [0.4, 0.5) is 10.5 Å². The molecule has 0 radical (unpaired) electrons. The van der Waals surface area contributed by atoms with Gasteiger partial charge in [0.1, 0.15) is 0 Å². The first kappa shape index (κ1) is 16.6. The summed E-state index contributed by atoms with van der Waals surface area (Å²) in [7, 11) is 1.49. The standard InChI is InChI=1S/C14H21ClN2O3/c1-14(2,7-8-18)9-16-13(19)17-11-6-4-5-10(15)12(11)20-3/h4-6,18H,7-9H2,1-3H3,(H2,16,17,19). The molecule has 112 valence electrons. The first-order valence-electron chi connectivity index (χ1n) is 6.38. The number of ether oxygens (including phenoxy) is 1. The number of benzene rings is 1. The molecule has 0 atom stereocenters. The Morgan fingerprint density at radius 3 is 2.75 bits per heavy atom. The van der Waals surface area contributed by atoms with E-state index in [1.807, 2.05) is 13.8 Å². The van der Waals surface area contributed by atoms with E-state index in [-0.39, 0.29) is 18.1 Å². The van der Waals surface area contributed by atoms with E-state index in [2.05, 4.69) is 10.6 Å². The van der Waals surface area contributed by atoms with Crippen molar-refractivity contribution in [2.45, 2.75) is 20.3 Å². The van der Waals surface area contributed by atoms with Gasteiger partial charge in [-0.25, -0.2) is 4.79 Å². The molecule has 3 N–H and O–H groups in total. The van der Waals surface area contributed by atoms with Gasteiger partial charge in [0.2, 0.25) is 0 Å². The lowest BCUT2D eigenvalue weighted by atomic mass is 9.90. The van der Waals surface area contributed by atoms with Crippen LogP contribution in [0.2, 0.25) is 5.02 Å². The van der Waals surface area contributed by atoms with Gasteiger partial charge in [-0.05, 0) is 24.0 Å². The third-order valence-corrected chi connectivity index (χ3v) is 3.23. The summed E-state index contributed by atoms with van der Waals surface area (Å²) in [5.74, 6) is 0.430. The number of anilines is 1. The molecule has 1 rings (SSSR count). The van der Waals surface area contributed by atoms with Gasteiger partial charge < -0.3 is 20.5 Å². The number of aliphatic hydroxyl groups excluding tert-OH is 1. The van der Waals surface area contributed by atoms with E-state index in [0.717, 1.165) is 0 Å². The molecular weight excluding hydrogens is 280 g/mol.